The Balaban J connectivity index is 0.000000386. The molecule has 13 nitrogen and oxygen atoms in total. The molecule has 4 rings (SSSR count). The van der Waals surface area contributed by atoms with Gasteiger partial charge in [-0.2, -0.15) is 0 Å². The number of hydrazine groups is 1. The van der Waals surface area contributed by atoms with Gasteiger partial charge in [0.1, 0.15) is 11.5 Å². The first-order chi connectivity index (χ1) is 28.6. The minimum Gasteiger partial charge on any atom is -0.481 e. The number of hydrogen-bond donors (Lipinski definition) is 3. The molecular weight excluding hydrogens is 767 g/mol. The normalized spacial score (nSPS) is 11.1. The molecule has 0 radical (unpaired) electrons. The average molecular weight is 828 g/mol. The van der Waals surface area contributed by atoms with Crippen LogP contribution in [0.4, 0.5) is 4.79 Å². The second kappa shape index (κ2) is 24.1. The summed E-state index contributed by atoms with van der Waals surface area (Å²) in [6.07, 6.45) is 3.82. The van der Waals surface area contributed by atoms with Crippen LogP contribution in [-0.4, -0.2) is 70.9 Å². The number of esters is 2. The van der Waals surface area contributed by atoms with Crippen LogP contribution in [0.5, 0.6) is 11.5 Å². The van der Waals surface area contributed by atoms with Gasteiger partial charge in [0.25, 0.3) is 0 Å². The summed E-state index contributed by atoms with van der Waals surface area (Å²) in [5, 5.41) is 15.0. The molecule has 0 unspecified atom stereocenters. The fraction of sp³-hybridized carbons (Fsp3) is 0.426. The number of urea groups is 1. The fourth-order valence-corrected chi connectivity index (χ4v) is 5.84. The first kappa shape index (κ1) is 48.3. The van der Waals surface area contributed by atoms with Gasteiger partial charge in [0.15, 0.2) is 11.2 Å². The molecule has 0 aliphatic carbocycles. The summed E-state index contributed by atoms with van der Waals surface area (Å²) in [7, 11) is 0. The van der Waals surface area contributed by atoms with Crippen molar-refractivity contribution >= 4 is 40.6 Å². The summed E-state index contributed by atoms with van der Waals surface area (Å²) in [5.41, 5.74) is 3.66. The zero-order chi connectivity index (χ0) is 44.1. The molecule has 0 aliphatic rings. The van der Waals surface area contributed by atoms with Gasteiger partial charge < -0.3 is 29.4 Å². The fourth-order valence-electron chi connectivity index (χ4n) is 5.84. The molecule has 0 saturated heterocycles. The predicted molar refractivity (Wildman–Crippen MR) is 230 cm³/mol. The van der Waals surface area contributed by atoms with Gasteiger partial charge >= 0.3 is 23.9 Å². The summed E-state index contributed by atoms with van der Waals surface area (Å²) in [6, 6.07) is 28.4. The molecule has 0 heterocycles. The van der Waals surface area contributed by atoms with Gasteiger partial charge in [-0.05, 0) is 131 Å². The first-order valence-electron chi connectivity index (χ1n) is 20.5. The zero-order valence-electron chi connectivity index (χ0n) is 36.0. The van der Waals surface area contributed by atoms with E-state index in [9.17, 15) is 24.0 Å². The van der Waals surface area contributed by atoms with Crippen molar-refractivity contribution in [2.45, 2.75) is 111 Å². The summed E-state index contributed by atoms with van der Waals surface area (Å²) >= 11 is 0. The van der Waals surface area contributed by atoms with Crippen molar-refractivity contribution in [3.8, 4) is 11.5 Å². The van der Waals surface area contributed by atoms with Gasteiger partial charge in [-0.3, -0.25) is 15.0 Å². The lowest BCUT2D eigenvalue weighted by molar-refractivity contribution is -0.159. The minimum atomic E-state index is -1.09. The maximum Gasteiger partial charge on any atom is 0.349 e. The summed E-state index contributed by atoms with van der Waals surface area (Å²) in [5.74, 6) is -0.689. The van der Waals surface area contributed by atoms with Crippen LogP contribution in [0.3, 0.4) is 0 Å². The molecule has 0 spiro atoms. The number of amides is 3. The molecule has 0 saturated carbocycles. The van der Waals surface area contributed by atoms with Crippen LogP contribution in [0, 0.1) is 0 Å². The number of carboxylic acid groups (broad SMARTS) is 1. The Labute approximate surface area is 353 Å². The van der Waals surface area contributed by atoms with E-state index in [-0.39, 0.29) is 31.3 Å². The van der Waals surface area contributed by atoms with E-state index in [0.29, 0.717) is 56.9 Å². The maximum absolute atomic E-state index is 12.8. The zero-order valence-corrected chi connectivity index (χ0v) is 36.0. The van der Waals surface area contributed by atoms with Gasteiger partial charge in [-0.25, -0.2) is 19.4 Å². The topological polar surface area (TPSA) is 170 Å². The largest absolute Gasteiger partial charge is 0.481 e. The van der Waals surface area contributed by atoms with Crippen molar-refractivity contribution < 1.29 is 48.0 Å². The SMILES string of the molecule is CCCNC(=O)N(Cc1ccc2ccccc2c1)NC(=O)CCCc1ccc(OC(C)(C)C(=O)OCC)cc1.CCOC(=O)C(C)(C)Oc1ccc(CCCC(=O)O)cc1. The number of carboxylic acids is 1. The van der Waals surface area contributed by atoms with Crippen molar-refractivity contribution in [3.05, 3.63) is 108 Å². The number of carbonyl (C=O) groups is 5. The Bertz CT molecular complexity index is 1990. The number of rotatable bonds is 20. The molecule has 4 aromatic rings. The van der Waals surface area contributed by atoms with Crippen LogP contribution >= 0.6 is 0 Å². The van der Waals surface area contributed by atoms with E-state index in [2.05, 4.69) is 10.7 Å². The Kier molecular flexibility index (Phi) is 19.4. The minimum absolute atomic E-state index is 0.161. The Hall–Kier alpha value is -6.11. The van der Waals surface area contributed by atoms with Crippen molar-refractivity contribution in [3.63, 3.8) is 0 Å². The third kappa shape index (κ3) is 16.6. The Morgan fingerprint density at radius 3 is 1.60 bits per heavy atom. The van der Waals surface area contributed by atoms with Crippen LogP contribution < -0.4 is 20.2 Å². The summed E-state index contributed by atoms with van der Waals surface area (Å²) in [4.78, 5) is 59.8. The van der Waals surface area contributed by atoms with Crippen LogP contribution in [0.25, 0.3) is 10.8 Å². The van der Waals surface area contributed by atoms with Crippen LogP contribution in [0.15, 0.2) is 91.0 Å². The molecule has 0 bridgehead atoms. The van der Waals surface area contributed by atoms with Crippen molar-refractivity contribution in [1.29, 1.82) is 0 Å². The monoisotopic (exact) mass is 827 g/mol. The molecule has 3 amide bonds. The van der Waals surface area contributed by atoms with Gasteiger partial charge in [-0.15, -0.1) is 0 Å². The number of hydrogen-bond acceptors (Lipinski definition) is 9. The van der Waals surface area contributed by atoms with E-state index in [4.69, 9.17) is 24.1 Å². The lowest BCUT2D eigenvalue weighted by Crippen LogP contribution is -2.50. The van der Waals surface area contributed by atoms with Crippen LogP contribution in [-0.2, 0) is 48.0 Å². The highest BCUT2D eigenvalue weighted by Gasteiger charge is 2.32. The Morgan fingerprint density at radius 1 is 0.633 bits per heavy atom. The average Bonchev–Trinajstić information content (AvgIpc) is 3.21. The highest BCUT2D eigenvalue weighted by Crippen LogP contribution is 2.23. The number of aryl methyl sites for hydroxylation is 2. The number of nitrogens with zero attached hydrogens (tertiary/aromatic N) is 1. The lowest BCUT2D eigenvalue weighted by Gasteiger charge is -2.24. The van der Waals surface area contributed by atoms with Crippen molar-refractivity contribution in [2.24, 2.45) is 0 Å². The number of aliphatic carboxylic acids is 1. The smallest absolute Gasteiger partial charge is 0.349 e. The Morgan fingerprint density at radius 2 is 1.12 bits per heavy atom. The molecule has 0 fully saturated rings. The lowest BCUT2D eigenvalue weighted by atomic mass is 10.1. The van der Waals surface area contributed by atoms with E-state index < -0.39 is 29.1 Å². The van der Waals surface area contributed by atoms with Gasteiger partial charge in [0, 0.05) is 19.4 Å². The molecular formula is C47H61N3O10. The number of nitrogens with one attached hydrogen (secondary N) is 2. The summed E-state index contributed by atoms with van der Waals surface area (Å²) in [6.45, 7) is 13.5. The number of benzene rings is 4. The second-order valence-corrected chi connectivity index (χ2v) is 15.1. The molecule has 324 valence electrons. The van der Waals surface area contributed by atoms with E-state index in [0.717, 1.165) is 33.9 Å². The molecule has 0 atom stereocenters. The number of carbonyl (C=O) groups excluding carboxylic acids is 4. The van der Waals surface area contributed by atoms with Gasteiger partial charge in [0.2, 0.25) is 5.91 Å². The quantitative estimate of drug-likeness (QED) is 0.0582. The third-order valence-electron chi connectivity index (χ3n) is 9.04. The van der Waals surface area contributed by atoms with Crippen molar-refractivity contribution in [2.75, 3.05) is 19.8 Å². The van der Waals surface area contributed by atoms with E-state index in [1.807, 2.05) is 73.7 Å². The second-order valence-electron chi connectivity index (χ2n) is 15.1. The summed E-state index contributed by atoms with van der Waals surface area (Å²) < 4.78 is 21.5. The molecule has 60 heavy (non-hydrogen) atoms. The third-order valence-corrected chi connectivity index (χ3v) is 9.04. The van der Waals surface area contributed by atoms with Crippen molar-refractivity contribution in [1.82, 2.24) is 15.8 Å². The van der Waals surface area contributed by atoms with E-state index >= 15 is 0 Å². The van der Waals surface area contributed by atoms with Gasteiger partial charge in [-0.1, -0.05) is 67.6 Å². The molecule has 0 aliphatic heterocycles. The first-order valence-corrected chi connectivity index (χ1v) is 20.5. The number of ether oxygens (including phenoxy) is 4. The number of fused-ring (bicyclic) bond motifs is 1. The molecule has 0 aromatic heterocycles. The predicted octanol–water partition coefficient (Wildman–Crippen LogP) is 8.35. The van der Waals surface area contributed by atoms with Crippen LogP contribution in [0.2, 0.25) is 0 Å². The van der Waals surface area contributed by atoms with Crippen LogP contribution in [0.1, 0.15) is 97.3 Å². The molecule has 13 heteroatoms. The molecule has 3 N–H and O–H groups in total. The standard InChI is InChI=1S/C31H39N3O5.C16H22O5/c1-5-20-32-30(37)34(22-24-14-17-25-11-7-8-12-26(25)21-24)33-28(35)13-9-10-23-15-18-27(19-16-23)39-31(3,4)29(36)38-6-2;1-4-20-15(19)16(2,3)21-13-10-8-12(9-11-13)6-5-7-14(17)18/h7-8,11-12,14-19,21H,5-6,9-10,13,20,22H2,1-4H3,(H,32,37)(H,33,35);8-11H,4-7H2,1-3H3,(H,17,18). The van der Waals surface area contributed by atoms with E-state index in [1.165, 1.54) is 5.01 Å². The van der Waals surface area contributed by atoms with Gasteiger partial charge in [0.05, 0.1) is 19.8 Å². The highest BCUT2D eigenvalue weighted by molar-refractivity contribution is 5.84. The molecule has 4 aromatic carbocycles. The maximum atomic E-state index is 12.8. The van der Waals surface area contributed by atoms with E-state index in [1.54, 1.807) is 65.8 Å². The highest BCUT2D eigenvalue weighted by atomic mass is 16.6.